The van der Waals surface area contributed by atoms with Crippen molar-refractivity contribution in [1.82, 2.24) is 10.2 Å². The van der Waals surface area contributed by atoms with Crippen molar-refractivity contribution >= 4 is 29.1 Å². The Labute approximate surface area is 115 Å². The Morgan fingerprint density at radius 2 is 2.22 bits per heavy atom. The minimum absolute atomic E-state index is 0.0179. The number of halogens is 2. The van der Waals surface area contributed by atoms with Crippen LogP contribution < -0.4 is 5.32 Å². The lowest BCUT2D eigenvalue weighted by atomic mass is 10.1. The number of hydrogen-bond acceptors (Lipinski definition) is 3. The quantitative estimate of drug-likeness (QED) is 0.885. The number of piperazine rings is 1. The van der Waals surface area contributed by atoms with Gasteiger partial charge in [0.05, 0.1) is 12.6 Å². The summed E-state index contributed by atoms with van der Waals surface area (Å²) >= 11 is 11.8. The summed E-state index contributed by atoms with van der Waals surface area (Å²) in [6.07, 6.45) is -0.722. The zero-order valence-electron chi connectivity index (χ0n) is 9.70. The first kappa shape index (κ1) is 13.6. The molecule has 2 rings (SSSR count). The third kappa shape index (κ3) is 3.36. The van der Waals surface area contributed by atoms with E-state index in [0.717, 1.165) is 6.54 Å². The lowest BCUT2D eigenvalue weighted by Gasteiger charge is -2.28. The van der Waals surface area contributed by atoms with Crippen molar-refractivity contribution in [3.63, 3.8) is 0 Å². The van der Waals surface area contributed by atoms with Gasteiger partial charge in [-0.3, -0.25) is 9.69 Å². The summed E-state index contributed by atoms with van der Waals surface area (Å²) in [6, 6.07) is 5.00. The van der Waals surface area contributed by atoms with Gasteiger partial charge in [0.15, 0.2) is 0 Å². The molecule has 0 radical (unpaired) electrons. The molecule has 6 heteroatoms. The number of amides is 1. The number of carbonyl (C=O) groups excluding carboxylic acids is 1. The molecule has 0 spiro atoms. The van der Waals surface area contributed by atoms with Crippen LogP contribution in [0.2, 0.25) is 10.0 Å². The smallest absolute Gasteiger partial charge is 0.234 e. The van der Waals surface area contributed by atoms with Crippen molar-refractivity contribution in [2.45, 2.75) is 6.10 Å². The first-order valence-corrected chi connectivity index (χ1v) is 6.44. The van der Waals surface area contributed by atoms with E-state index >= 15 is 0 Å². The molecular formula is C12H14Cl2N2O2. The van der Waals surface area contributed by atoms with Gasteiger partial charge >= 0.3 is 0 Å². The van der Waals surface area contributed by atoms with Gasteiger partial charge in [0.25, 0.3) is 0 Å². The second-order valence-corrected chi connectivity index (χ2v) is 5.11. The van der Waals surface area contributed by atoms with Gasteiger partial charge in [-0.2, -0.15) is 0 Å². The van der Waals surface area contributed by atoms with Crippen LogP contribution in [0.3, 0.4) is 0 Å². The average molecular weight is 289 g/mol. The molecule has 1 saturated heterocycles. The lowest BCUT2D eigenvalue weighted by molar-refractivity contribution is -0.124. The molecular weight excluding hydrogens is 275 g/mol. The van der Waals surface area contributed by atoms with Crippen LogP contribution in [-0.4, -0.2) is 42.1 Å². The number of benzene rings is 1. The number of hydrogen-bond donors (Lipinski definition) is 2. The van der Waals surface area contributed by atoms with E-state index in [1.165, 1.54) is 0 Å². The first-order chi connectivity index (χ1) is 8.56. The Kier molecular flexibility index (Phi) is 4.45. The molecule has 1 amide bonds. The number of rotatable bonds is 3. The van der Waals surface area contributed by atoms with Crippen LogP contribution in [0.4, 0.5) is 0 Å². The number of carbonyl (C=O) groups is 1. The second kappa shape index (κ2) is 5.89. The van der Waals surface area contributed by atoms with Crippen LogP contribution in [0.15, 0.2) is 18.2 Å². The van der Waals surface area contributed by atoms with Crippen molar-refractivity contribution in [2.24, 2.45) is 0 Å². The molecule has 1 fully saturated rings. The molecule has 1 atom stereocenters. The van der Waals surface area contributed by atoms with Crippen LogP contribution in [0.5, 0.6) is 0 Å². The van der Waals surface area contributed by atoms with E-state index in [9.17, 15) is 9.90 Å². The molecule has 1 aromatic carbocycles. The van der Waals surface area contributed by atoms with Crippen LogP contribution in [0.25, 0.3) is 0 Å². The van der Waals surface area contributed by atoms with E-state index in [1.54, 1.807) is 18.2 Å². The highest BCUT2D eigenvalue weighted by molar-refractivity contribution is 6.35. The number of aliphatic hydroxyl groups is 1. The molecule has 0 aromatic heterocycles. The van der Waals surface area contributed by atoms with Crippen LogP contribution in [-0.2, 0) is 4.79 Å². The van der Waals surface area contributed by atoms with Crippen molar-refractivity contribution in [3.8, 4) is 0 Å². The van der Waals surface area contributed by atoms with Crippen molar-refractivity contribution < 1.29 is 9.90 Å². The van der Waals surface area contributed by atoms with E-state index in [1.807, 2.05) is 4.90 Å². The molecule has 0 bridgehead atoms. The third-order valence-corrected chi connectivity index (χ3v) is 3.43. The summed E-state index contributed by atoms with van der Waals surface area (Å²) in [5.41, 5.74) is 0.632. The molecule has 18 heavy (non-hydrogen) atoms. The zero-order valence-corrected chi connectivity index (χ0v) is 11.2. The highest BCUT2D eigenvalue weighted by Crippen LogP contribution is 2.26. The summed E-state index contributed by atoms with van der Waals surface area (Å²) in [5.74, 6) is -0.0179. The standard InChI is InChI=1S/C12H14Cl2N2O2/c13-8-1-2-9(10(14)5-8)11(17)6-16-4-3-15-12(18)7-16/h1-2,5,11,17H,3-4,6-7H2,(H,15,18). The fourth-order valence-corrected chi connectivity index (χ4v) is 2.50. The van der Waals surface area contributed by atoms with E-state index in [2.05, 4.69) is 5.32 Å². The van der Waals surface area contributed by atoms with Crippen LogP contribution in [0.1, 0.15) is 11.7 Å². The summed E-state index contributed by atoms with van der Waals surface area (Å²) in [5, 5.41) is 13.8. The summed E-state index contributed by atoms with van der Waals surface area (Å²) in [6.45, 7) is 2.03. The predicted molar refractivity (Wildman–Crippen MR) is 70.9 cm³/mol. The van der Waals surface area contributed by atoms with E-state index in [0.29, 0.717) is 35.2 Å². The largest absolute Gasteiger partial charge is 0.387 e. The number of β-amino-alcohol motifs (C(OH)–C–C–N with tert-alkyl or cyclic N) is 1. The molecule has 98 valence electrons. The van der Waals surface area contributed by atoms with Gasteiger partial charge in [-0.15, -0.1) is 0 Å². The molecule has 4 nitrogen and oxygen atoms in total. The Bertz CT molecular complexity index is 454. The molecule has 1 aliphatic rings. The van der Waals surface area contributed by atoms with Gasteiger partial charge in [0, 0.05) is 35.2 Å². The van der Waals surface area contributed by atoms with Gasteiger partial charge in [0.2, 0.25) is 5.91 Å². The van der Waals surface area contributed by atoms with Crippen molar-refractivity contribution in [2.75, 3.05) is 26.2 Å². The van der Waals surface area contributed by atoms with Crippen molar-refractivity contribution in [3.05, 3.63) is 33.8 Å². The maximum Gasteiger partial charge on any atom is 0.234 e. The molecule has 1 aromatic rings. The fourth-order valence-electron chi connectivity index (χ4n) is 1.96. The molecule has 1 aliphatic heterocycles. The molecule has 1 heterocycles. The van der Waals surface area contributed by atoms with E-state index < -0.39 is 6.10 Å². The van der Waals surface area contributed by atoms with E-state index in [4.69, 9.17) is 23.2 Å². The molecule has 1 unspecified atom stereocenters. The summed E-state index contributed by atoms with van der Waals surface area (Å²) in [4.78, 5) is 13.1. The maximum atomic E-state index is 11.2. The molecule has 0 saturated carbocycles. The van der Waals surface area contributed by atoms with E-state index in [-0.39, 0.29) is 5.91 Å². The predicted octanol–water partition coefficient (Wildman–Crippen LogP) is 1.46. The minimum atomic E-state index is -0.722. The minimum Gasteiger partial charge on any atom is -0.387 e. The average Bonchev–Trinajstić information content (AvgIpc) is 2.28. The summed E-state index contributed by atoms with van der Waals surface area (Å²) < 4.78 is 0. The highest BCUT2D eigenvalue weighted by Gasteiger charge is 2.20. The lowest BCUT2D eigenvalue weighted by Crippen LogP contribution is -2.48. The topological polar surface area (TPSA) is 52.6 Å². The Morgan fingerprint density at radius 1 is 1.44 bits per heavy atom. The Morgan fingerprint density at radius 3 is 2.89 bits per heavy atom. The number of nitrogens with zero attached hydrogens (tertiary/aromatic N) is 1. The maximum absolute atomic E-state index is 11.2. The number of aliphatic hydroxyl groups excluding tert-OH is 1. The number of nitrogens with one attached hydrogen (secondary N) is 1. The zero-order chi connectivity index (χ0) is 13.1. The molecule has 2 N–H and O–H groups in total. The van der Waals surface area contributed by atoms with Crippen molar-refractivity contribution in [1.29, 1.82) is 0 Å². The molecule has 0 aliphatic carbocycles. The normalized spacial score (nSPS) is 18.5. The highest BCUT2D eigenvalue weighted by atomic mass is 35.5. The Balaban J connectivity index is 2.02. The summed E-state index contributed by atoms with van der Waals surface area (Å²) in [7, 11) is 0. The van der Waals surface area contributed by atoms with Gasteiger partial charge < -0.3 is 10.4 Å². The van der Waals surface area contributed by atoms with Gasteiger partial charge in [-0.05, 0) is 12.1 Å². The van der Waals surface area contributed by atoms with Gasteiger partial charge in [0.1, 0.15) is 0 Å². The van der Waals surface area contributed by atoms with Gasteiger partial charge in [-0.25, -0.2) is 0 Å². The fraction of sp³-hybridized carbons (Fsp3) is 0.417. The monoisotopic (exact) mass is 288 g/mol. The SMILES string of the molecule is O=C1CN(CC(O)c2ccc(Cl)cc2Cl)CCN1. The third-order valence-electron chi connectivity index (χ3n) is 2.87. The van der Waals surface area contributed by atoms with Crippen LogP contribution >= 0.6 is 23.2 Å². The first-order valence-electron chi connectivity index (χ1n) is 5.68. The van der Waals surface area contributed by atoms with Crippen LogP contribution in [0, 0.1) is 0 Å². The Hall–Kier alpha value is -0.810. The second-order valence-electron chi connectivity index (χ2n) is 4.27. The van der Waals surface area contributed by atoms with Gasteiger partial charge in [-0.1, -0.05) is 29.3 Å².